The monoisotopic (exact) mass is 211 g/mol. The highest BCUT2D eigenvalue weighted by molar-refractivity contribution is 7.10. The van der Waals surface area contributed by atoms with E-state index in [0.29, 0.717) is 4.88 Å². The second-order valence-corrected chi connectivity index (χ2v) is 3.47. The first-order valence-electron chi connectivity index (χ1n) is 3.47. The number of hydrogen-bond donors (Lipinski definition) is 2. The smallest absolute Gasteiger partial charge is 0.394 e. The number of aliphatic hydroxyl groups excluding tert-OH is 1. The first kappa shape index (κ1) is 10.5. The van der Waals surface area contributed by atoms with Crippen LogP contribution in [-0.4, -0.2) is 11.7 Å². The van der Waals surface area contributed by atoms with Crippen LogP contribution in [0.1, 0.15) is 16.5 Å². The molecule has 1 rings (SSSR count). The number of hydrogen-bond acceptors (Lipinski definition) is 3. The van der Waals surface area contributed by atoms with Crippen molar-refractivity contribution in [1.82, 2.24) is 0 Å². The summed E-state index contributed by atoms with van der Waals surface area (Å²) in [5.74, 6) is 0. The number of alkyl halides is 3. The summed E-state index contributed by atoms with van der Waals surface area (Å²) in [5, 5.41) is 9.59. The number of aliphatic hydroxyl groups is 1. The molecule has 0 radical (unpaired) electrons. The quantitative estimate of drug-likeness (QED) is 0.783. The third-order valence-electron chi connectivity index (χ3n) is 1.51. The van der Waals surface area contributed by atoms with Gasteiger partial charge in [0.25, 0.3) is 0 Å². The molecule has 3 N–H and O–H groups in total. The van der Waals surface area contributed by atoms with E-state index in [4.69, 9.17) is 10.8 Å². The Morgan fingerprint density at radius 1 is 1.54 bits per heavy atom. The van der Waals surface area contributed by atoms with Crippen LogP contribution in [0.25, 0.3) is 0 Å². The third-order valence-corrected chi connectivity index (χ3v) is 2.57. The van der Waals surface area contributed by atoms with E-state index in [9.17, 15) is 13.2 Å². The Bertz CT molecular complexity index is 284. The van der Waals surface area contributed by atoms with Crippen LogP contribution < -0.4 is 5.73 Å². The SMILES string of the molecule is N[C@H](CO)c1cc(C(F)(F)F)cs1. The average molecular weight is 211 g/mol. The van der Waals surface area contributed by atoms with Crippen molar-refractivity contribution in [2.24, 2.45) is 5.73 Å². The van der Waals surface area contributed by atoms with Crippen molar-refractivity contribution in [3.63, 3.8) is 0 Å². The summed E-state index contributed by atoms with van der Waals surface area (Å²) in [7, 11) is 0. The maximum Gasteiger partial charge on any atom is 0.417 e. The molecule has 0 saturated carbocycles. The third kappa shape index (κ3) is 2.43. The molecule has 1 aromatic rings. The van der Waals surface area contributed by atoms with Crippen molar-refractivity contribution in [2.75, 3.05) is 6.61 Å². The van der Waals surface area contributed by atoms with Crippen LogP contribution in [-0.2, 0) is 6.18 Å². The van der Waals surface area contributed by atoms with Gasteiger partial charge in [-0.15, -0.1) is 11.3 Å². The molecule has 1 atom stereocenters. The largest absolute Gasteiger partial charge is 0.417 e. The van der Waals surface area contributed by atoms with Crippen LogP contribution in [0.5, 0.6) is 0 Å². The maximum atomic E-state index is 12.1. The minimum atomic E-state index is -4.33. The molecule has 6 heteroatoms. The van der Waals surface area contributed by atoms with Crippen LogP contribution in [0.3, 0.4) is 0 Å². The Labute approximate surface area is 76.8 Å². The predicted octanol–water partition coefficient (Wildman–Crippen LogP) is 1.76. The Balaban J connectivity index is 2.87. The van der Waals surface area contributed by atoms with Gasteiger partial charge in [-0.25, -0.2) is 0 Å². The Morgan fingerprint density at radius 2 is 2.15 bits per heavy atom. The molecule has 0 aliphatic heterocycles. The zero-order valence-electron chi connectivity index (χ0n) is 6.51. The molecule has 0 aliphatic carbocycles. The Hall–Kier alpha value is -0.590. The number of halogens is 3. The molecule has 13 heavy (non-hydrogen) atoms. The van der Waals surface area contributed by atoms with Crippen molar-refractivity contribution in [3.8, 4) is 0 Å². The highest BCUT2D eigenvalue weighted by Gasteiger charge is 2.32. The fraction of sp³-hybridized carbons (Fsp3) is 0.429. The van der Waals surface area contributed by atoms with Gasteiger partial charge in [0.2, 0.25) is 0 Å². The standard InChI is InChI=1S/C7H8F3NOS/c8-7(9,10)4-1-6(13-3-4)5(11)2-12/h1,3,5,12H,2,11H2/t5-/m1/s1. The van der Waals surface area contributed by atoms with E-state index in [1.54, 1.807) is 0 Å². The zero-order valence-corrected chi connectivity index (χ0v) is 7.32. The van der Waals surface area contributed by atoms with Gasteiger partial charge in [0, 0.05) is 10.3 Å². The molecule has 0 aliphatic rings. The van der Waals surface area contributed by atoms with Crippen LogP contribution in [0.15, 0.2) is 11.4 Å². The maximum absolute atomic E-state index is 12.1. The summed E-state index contributed by atoms with van der Waals surface area (Å²) in [6.45, 7) is -0.349. The lowest BCUT2D eigenvalue weighted by Gasteiger charge is -2.04. The van der Waals surface area contributed by atoms with Gasteiger partial charge in [-0.1, -0.05) is 0 Å². The Morgan fingerprint density at radius 3 is 2.54 bits per heavy atom. The highest BCUT2D eigenvalue weighted by atomic mass is 32.1. The van der Waals surface area contributed by atoms with E-state index in [1.165, 1.54) is 0 Å². The number of thiophene rings is 1. The average Bonchev–Trinajstić information content (AvgIpc) is 2.50. The molecule has 74 valence electrons. The summed E-state index contributed by atoms with van der Waals surface area (Å²) in [6.07, 6.45) is -4.33. The van der Waals surface area contributed by atoms with E-state index < -0.39 is 17.8 Å². The number of rotatable bonds is 2. The molecule has 0 saturated heterocycles. The molecule has 1 heterocycles. The normalized spacial score (nSPS) is 14.5. The van der Waals surface area contributed by atoms with E-state index in [1.807, 2.05) is 0 Å². The minimum absolute atomic E-state index is 0.342. The predicted molar refractivity (Wildman–Crippen MR) is 43.3 cm³/mol. The molecule has 0 amide bonds. The molecular formula is C7H8F3NOS. The molecule has 0 spiro atoms. The van der Waals surface area contributed by atoms with Crippen molar-refractivity contribution >= 4 is 11.3 Å². The van der Waals surface area contributed by atoms with Gasteiger partial charge >= 0.3 is 6.18 Å². The van der Waals surface area contributed by atoms with E-state index >= 15 is 0 Å². The lowest BCUT2D eigenvalue weighted by molar-refractivity contribution is -0.137. The van der Waals surface area contributed by atoms with Crippen LogP contribution >= 0.6 is 11.3 Å². The van der Waals surface area contributed by atoms with E-state index in [2.05, 4.69) is 0 Å². The molecular weight excluding hydrogens is 203 g/mol. The summed E-state index contributed by atoms with van der Waals surface area (Å²) in [6, 6.07) is 0.243. The van der Waals surface area contributed by atoms with Crippen molar-refractivity contribution in [2.45, 2.75) is 12.2 Å². The van der Waals surface area contributed by atoms with Gasteiger partial charge < -0.3 is 10.8 Å². The number of nitrogens with two attached hydrogens (primary N) is 1. The van der Waals surface area contributed by atoms with Gasteiger partial charge in [-0.3, -0.25) is 0 Å². The molecule has 0 unspecified atom stereocenters. The summed E-state index contributed by atoms with van der Waals surface area (Å²) in [4.78, 5) is 0.342. The highest BCUT2D eigenvalue weighted by Crippen LogP contribution is 2.33. The minimum Gasteiger partial charge on any atom is -0.394 e. The van der Waals surface area contributed by atoms with Gasteiger partial charge in [-0.05, 0) is 6.07 Å². The molecule has 0 aromatic carbocycles. The van der Waals surface area contributed by atoms with E-state index in [0.717, 1.165) is 22.8 Å². The first-order chi connectivity index (χ1) is 5.95. The lowest BCUT2D eigenvalue weighted by atomic mass is 10.2. The topological polar surface area (TPSA) is 46.2 Å². The van der Waals surface area contributed by atoms with Gasteiger partial charge in [0.05, 0.1) is 18.2 Å². The molecule has 2 nitrogen and oxygen atoms in total. The zero-order chi connectivity index (χ0) is 10.1. The van der Waals surface area contributed by atoms with Crippen LogP contribution in [0.4, 0.5) is 13.2 Å². The van der Waals surface area contributed by atoms with Crippen molar-refractivity contribution in [1.29, 1.82) is 0 Å². The summed E-state index contributed by atoms with van der Waals surface area (Å²) >= 11 is 0.904. The van der Waals surface area contributed by atoms with Gasteiger partial charge in [0.15, 0.2) is 0 Å². The van der Waals surface area contributed by atoms with Gasteiger partial charge in [-0.2, -0.15) is 13.2 Å². The second-order valence-electron chi connectivity index (χ2n) is 2.52. The van der Waals surface area contributed by atoms with Crippen LogP contribution in [0, 0.1) is 0 Å². The van der Waals surface area contributed by atoms with Gasteiger partial charge in [0.1, 0.15) is 0 Å². The molecule has 0 bridgehead atoms. The second kappa shape index (κ2) is 3.65. The van der Waals surface area contributed by atoms with Crippen molar-refractivity contribution < 1.29 is 18.3 Å². The van der Waals surface area contributed by atoms with Crippen LogP contribution in [0.2, 0.25) is 0 Å². The summed E-state index contributed by atoms with van der Waals surface area (Å²) < 4.78 is 36.2. The molecule has 1 aromatic heterocycles. The summed E-state index contributed by atoms with van der Waals surface area (Å²) in [5.41, 5.74) is 4.63. The molecule has 0 fully saturated rings. The Kier molecular flexibility index (Phi) is 2.94. The van der Waals surface area contributed by atoms with Crippen molar-refractivity contribution in [3.05, 3.63) is 21.9 Å². The fourth-order valence-electron chi connectivity index (χ4n) is 0.786. The van der Waals surface area contributed by atoms with E-state index in [-0.39, 0.29) is 6.61 Å². The first-order valence-corrected chi connectivity index (χ1v) is 4.35. The lowest BCUT2D eigenvalue weighted by Crippen LogP contribution is -2.13. The fourth-order valence-corrected chi connectivity index (χ4v) is 1.69.